The van der Waals surface area contributed by atoms with Crippen LogP contribution in [0.2, 0.25) is 0 Å². The Hall–Kier alpha value is -2.92. The summed E-state index contributed by atoms with van der Waals surface area (Å²) in [5, 5.41) is 1.91. The average molecular weight is 346 g/mol. The van der Waals surface area contributed by atoms with Gasteiger partial charge in [-0.3, -0.25) is 19.5 Å². The lowest BCUT2D eigenvalue weighted by atomic mass is 10.0. The van der Waals surface area contributed by atoms with Gasteiger partial charge in [0, 0.05) is 12.4 Å². The van der Waals surface area contributed by atoms with Gasteiger partial charge in [0.05, 0.1) is 11.4 Å². The maximum atomic E-state index is 12.7. The fourth-order valence-electron chi connectivity index (χ4n) is 2.85. The third-order valence-electron chi connectivity index (χ3n) is 4.06. The minimum Gasteiger partial charge on any atom is -0.268 e. The van der Waals surface area contributed by atoms with Crippen LogP contribution in [0.15, 0.2) is 71.9 Å². The molecule has 0 N–H and O–H groups in total. The van der Waals surface area contributed by atoms with Crippen LogP contribution in [0.3, 0.4) is 0 Å². The summed E-state index contributed by atoms with van der Waals surface area (Å²) >= 11 is 0.972. The van der Waals surface area contributed by atoms with E-state index in [9.17, 15) is 9.59 Å². The molecule has 0 unspecified atom stereocenters. The Labute approximate surface area is 149 Å². The second-order valence-corrected chi connectivity index (χ2v) is 6.69. The molecule has 0 atom stereocenters. The van der Waals surface area contributed by atoms with Crippen molar-refractivity contribution in [3.63, 3.8) is 0 Å². The van der Waals surface area contributed by atoms with E-state index in [1.54, 1.807) is 24.5 Å². The van der Waals surface area contributed by atoms with Gasteiger partial charge in [-0.2, -0.15) is 0 Å². The van der Waals surface area contributed by atoms with E-state index in [1.807, 2.05) is 48.5 Å². The van der Waals surface area contributed by atoms with Gasteiger partial charge in [0.15, 0.2) is 0 Å². The lowest BCUT2D eigenvalue weighted by Gasteiger charge is -2.14. The predicted molar refractivity (Wildman–Crippen MR) is 99.7 cm³/mol. The summed E-state index contributed by atoms with van der Waals surface area (Å²) in [6.45, 7) is 0.274. The van der Waals surface area contributed by atoms with E-state index in [4.69, 9.17) is 0 Å². The van der Waals surface area contributed by atoms with Crippen LogP contribution in [-0.4, -0.2) is 21.0 Å². The first-order chi connectivity index (χ1) is 12.2. The minimum atomic E-state index is -0.258. The minimum absolute atomic E-state index is 0.243. The highest BCUT2D eigenvalue weighted by Gasteiger charge is 2.35. The average Bonchev–Trinajstić information content (AvgIpc) is 2.90. The van der Waals surface area contributed by atoms with Crippen molar-refractivity contribution in [2.75, 3.05) is 0 Å². The normalized spacial score (nSPS) is 16.2. The number of carbonyl (C=O) groups excluding carboxylic acids is 2. The van der Waals surface area contributed by atoms with Gasteiger partial charge in [0.1, 0.15) is 0 Å². The van der Waals surface area contributed by atoms with Gasteiger partial charge in [-0.05, 0) is 45.8 Å². The molecule has 1 saturated heterocycles. The molecule has 0 radical (unpaired) electrons. The van der Waals surface area contributed by atoms with Crippen molar-refractivity contribution in [3.8, 4) is 0 Å². The summed E-state index contributed by atoms with van der Waals surface area (Å²) in [7, 11) is 0. The van der Waals surface area contributed by atoms with Crippen molar-refractivity contribution in [2.24, 2.45) is 0 Å². The van der Waals surface area contributed by atoms with Crippen LogP contribution in [0, 0.1) is 0 Å². The summed E-state index contributed by atoms with van der Waals surface area (Å²) in [4.78, 5) is 30.8. The lowest BCUT2D eigenvalue weighted by molar-refractivity contribution is -0.123. The molecule has 1 aromatic heterocycles. The van der Waals surface area contributed by atoms with Gasteiger partial charge in [0.25, 0.3) is 11.1 Å². The number of thioether (sulfide) groups is 1. The monoisotopic (exact) mass is 346 g/mol. The number of hydrogen-bond acceptors (Lipinski definition) is 4. The van der Waals surface area contributed by atoms with Crippen LogP contribution in [0.4, 0.5) is 4.79 Å². The number of aromatic nitrogens is 1. The van der Waals surface area contributed by atoms with Gasteiger partial charge in [0.2, 0.25) is 0 Å². The number of amides is 2. The topological polar surface area (TPSA) is 50.3 Å². The van der Waals surface area contributed by atoms with Gasteiger partial charge in [-0.1, -0.05) is 48.5 Å². The summed E-state index contributed by atoms with van der Waals surface area (Å²) < 4.78 is 0. The first-order valence-corrected chi connectivity index (χ1v) is 8.66. The molecule has 1 aliphatic rings. The fourth-order valence-corrected chi connectivity index (χ4v) is 3.69. The van der Waals surface area contributed by atoms with Crippen LogP contribution in [-0.2, 0) is 11.3 Å². The van der Waals surface area contributed by atoms with Gasteiger partial charge < -0.3 is 0 Å². The molecule has 0 saturated carbocycles. The highest BCUT2D eigenvalue weighted by molar-refractivity contribution is 8.18. The van der Waals surface area contributed by atoms with Crippen LogP contribution >= 0.6 is 11.8 Å². The standard InChI is InChI=1S/C20H14N2O2S/c23-19-18(11-14-5-4-10-21-12-14)25-20(24)22(19)13-16-8-3-7-15-6-1-2-9-17(15)16/h1-12H,13H2/b18-11-. The molecule has 4 nitrogen and oxygen atoms in total. The molecule has 2 heterocycles. The number of nitrogens with zero attached hydrogens (tertiary/aromatic N) is 2. The fraction of sp³-hybridized carbons (Fsp3) is 0.0500. The molecular weight excluding hydrogens is 332 g/mol. The number of carbonyl (C=O) groups is 2. The Kier molecular flexibility index (Phi) is 4.07. The molecule has 122 valence electrons. The smallest absolute Gasteiger partial charge is 0.268 e. The summed E-state index contributed by atoms with van der Waals surface area (Å²) in [5.41, 5.74) is 1.76. The molecular formula is C20H14N2O2S. The molecule has 0 spiro atoms. The first kappa shape index (κ1) is 15.6. The quantitative estimate of drug-likeness (QED) is 0.657. The molecule has 1 fully saturated rings. The maximum absolute atomic E-state index is 12.7. The van der Waals surface area contributed by atoms with Gasteiger partial charge >= 0.3 is 0 Å². The second kappa shape index (κ2) is 6.53. The van der Waals surface area contributed by atoms with Crippen molar-refractivity contribution in [1.82, 2.24) is 9.88 Å². The number of fused-ring (bicyclic) bond motifs is 1. The zero-order valence-electron chi connectivity index (χ0n) is 13.3. The Morgan fingerprint density at radius 1 is 1.00 bits per heavy atom. The Morgan fingerprint density at radius 2 is 1.84 bits per heavy atom. The van der Waals surface area contributed by atoms with Crippen molar-refractivity contribution in [3.05, 3.63) is 83.0 Å². The highest BCUT2D eigenvalue weighted by Crippen LogP contribution is 2.34. The second-order valence-electron chi connectivity index (χ2n) is 5.69. The van der Waals surface area contributed by atoms with Crippen LogP contribution in [0.25, 0.3) is 16.8 Å². The summed E-state index contributed by atoms with van der Waals surface area (Å²) in [6, 6.07) is 17.5. The van der Waals surface area contributed by atoms with Crippen molar-refractivity contribution >= 4 is 39.8 Å². The van der Waals surface area contributed by atoms with Gasteiger partial charge in [-0.15, -0.1) is 0 Å². The zero-order valence-corrected chi connectivity index (χ0v) is 14.1. The highest BCUT2D eigenvalue weighted by atomic mass is 32.2. The third kappa shape index (κ3) is 3.06. The molecule has 1 aliphatic heterocycles. The van der Waals surface area contributed by atoms with E-state index >= 15 is 0 Å². The molecule has 3 aromatic rings. The van der Waals surface area contributed by atoms with Crippen LogP contribution in [0.5, 0.6) is 0 Å². The SMILES string of the molecule is O=C1S/C(=C\c2cccnc2)C(=O)N1Cc1cccc2ccccc12. The number of hydrogen-bond donors (Lipinski definition) is 0. The molecule has 0 aliphatic carbocycles. The van der Waals surface area contributed by atoms with E-state index in [1.165, 1.54) is 4.90 Å². The molecule has 2 aromatic carbocycles. The molecule has 0 bridgehead atoms. The van der Waals surface area contributed by atoms with E-state index in [2.05, 4.69) is 4.98 Å². The summed E-state index contributed by atoms with van der Waals surface area (Å²) in [5.74, 6) is -0.258. The lowest BCUT2D eigenvalue weighted by Crippen LogP contribution is -2.27. The number of rotatable bonds is 3. The van der Waals surface area contributed by atoms with E-state index in [0.29, 0.717) is 4.91 Å². The van der Waals surface area contributed by atoms with Crippen LogP contribution in [0.1, 0.15) is 11.1 Å². The van der Waals surface area contributed by atoms with Crippen molar-refractivity contribution in [1.29, 1.82) is 0 Å². The summed E-state index contributed by atoms with van der Waals surface area (Å²) in [6.07, 6.45) is 5.04. The molecule has 5 heteroatoms. The van der Waals surface area contributed by atoms with Crippen LogP contribution < -0.4 is 0 Å². The predicted octanol–water partition coefficient (Wildman–Crippen LogP) is 4.47. The van der Waals surface area contributed by atoms with E-state index in [0.717, 1.165) is 33.7 Å². The Morgan fingerprint density at radius 3 is 2.68 bits per heavy atom. The number of benzene rings is 2. The third-order valence-corrected chi connectivity index (χ3v) is 4.97. The van der Waals surface area contributed by atoms with E-state index < -0.39 is 0 Å². The molecule has 2 amide bonds. The molecule has 4 rings (SSSR count). The largest absolute Gasteiger partial charge is 0.293 e. The zero-order chi connectivity index (χ0) is 17.2. The van der Waals surface area contributed by atoms with Gasteiger partial charge in [-0.25, -0.2) is 0 Å². The number of pyridine rings is 1. The van der Waals surface area contributed by atoms with Crippen molar-refractivity contribution < 1.29 is 9.59 Å². The van der Waals surface area contributed by atoms with E-state index in [-0.39, 0.29) is 17.7 Å². The Bertz CT molecular complexity index is 994. The van der Waals surface area contributed by atoms with Crippen molar-refractivity contribution in [2.45, 2.75) is 6.54 Å². The first-order valence-electron chi connectivity index (χ1n) is 7.84. The maximum Gasteiger partial charge on any atom is 0.293 e. The number of imide groups is 1. The Balaban J connectivity index is 1.64. The molecule has 25 heavy (non-hydrogen) atoms.